The molecule has 144 valence electrons. The molecule has 0 aliphatic carbocycles. The first-order chi connectivity index (χ1) is 11.9. The highest BCUT2D eigenvalue weighted by atomic mass is 35.5. The number of amides is 1. The summed E-state index contributed by atoms with van der Waals surface area (Å²) in [5, 5.41) is 14.8. The van der Waals surface area contributed by atoms with E-state index in [-0.39, 0.29) is 34.8 Å². The van der Waals surface area contributed by atoms with Crippen molar-refractivity contribution in [1.82, 2.24) is 10.2 Å². The lowest BCUT2D eigenvalue weighted by atomic mass is 9.78. The van der Waals surface area contributed by atoms with Crippen molar-refractivity contribution in [2.75, 3.05) is 26.2 Å². The Morgan fingerprint density at radius 3 is 2.65 bits per heavy atom. The van der Waals surface area contributed by atoms with Crippen LogP contribution in [0.5, 0.6) is 5.75 Å². The zero-order chi connectivity index (χ0) is 18.0. The fraction of sp³-hybridized carbons (Fsp3) is 0.588. The molecular formula is C17H23Cl2N3O4. The number of halogens is 2. The number of hydrogen-bond acceptors (Lipinski definition) is 5. The van der Waals surface area contributed by atoms with Crippen molar-refractivity contribution in [3.63, 3.8) is 0 Å². The third kappa shape index (κ3) is 4.39. The molecule has 9 heteroatoms. The van der Waals surface area contributed by atoms with E-state index in [1.807, 2.05) is 0 Å². The molecule has 0 radical (unpaired) electrons. The largest absolute Gasteiger partial charge is 0.474 e. The Balaban J connectivity index is 0.00000243. The van der Waals surface area contributed by atoms with Crippen LogP contribution in [0.3, 0.4) is 0 Å². The van der Waals surface area contributed by atoms with E-state index in [0.717, 1.165) is 32.4 Å². The summed E-state index contributed by atoms with van der Waals surface area (Å²) in [6.07, 6.45) is 2.35. The number of rotatable bonds is 4. The Kier molecular flexibility index (Phi) is 6.71. The summed E-state index contributed by atoms with van der Waals surface area (Å²) in [5.41, 5.74) is 0.0947. The minimum atomic E-state index is -0.782. The number of carbonyl (C=O) groups excluding carboxylic acids is 1. The van der Waals surface area contributed by atoms with Crippen LogP contribution in [0.15, 0.2) is 18.2 Å². The highest BCUT2D eigenvalue weighted by Crippen LogP contribution is 2.37. The molecule has 2 saturated heterocycles. The van der Waals surface area contributed by atoms with Crippen molar-refractivity contribution in [1.29, 1.82) is 0 Å². The fourth-order valence-electron chi connectivity index (χ4n) is 3.65. The monoisotopic (exact) mass is 403 g/mol. The van der Waals surface area contributed by atoms with Gasteiger partial charge in [-0.25, -0.2) is 0 Å². The molecule has 2 aliphatic rings. The molecule has 2 aliphatic heterocycles. The average Bonchev–Trinajstić information content (AvgIpc) is 3.04. The Morgan fingerprint density at radius 1 is 1.38 bits per heavy atom. The molecule has 1 atom stereocenters. The topological polar surface area (TPSA) is 84.7 Å². The van der Waals surface area contributed by atoms with Gasteiger partial charge in [-0.2, -0.15) is 0 Å². The van der Waals surface area contributed by atoms with Crippen molar-refractivity contribution in [2.24, 2.45) is 5.41 Å². The van der Waals surface area contributed by atoms with Gasteiger partial charge in [0.25, 0.3) is 5.91 Å². The molecule has 0 saturated carbocycles. The van der Waals surface area contributed by atoms with Crippen LogP contribution < -0.4 is 10.1 Å². The zero-order valence-electron chi connectivity index (χ0n) is 14.6. The zero-order valence-corrected chi connectivity index (χ0v) is 16.1. The molecule has 1 unspecified atom stereocenters. The van der Waals surface area contributed by atoms with E-state index in [0.29, 0.717) is 18.5 Å². The van der Waals surface area contributed by atoms with Gasteiger partial charge in [-0.3, -0.25) is 14.9 Å². The Morgan fingerprint density at radius 2 is 2.08 bits per heavy atom. The van der Waals surface area contributed by atoms with Crippen molar-refractivity contribution in [2.45, 2.75) is 32.3 Å². The molecule has 1 amide bonds. The maximum absolute atomic E-state index is 12.6. The molecule has 3 rings (SSSR count). The van der Waals surface area contributed by atoms with E-state index in [4.69, 9.17) is 16.3 Å². The Bertz CT molecular complexity index is 670. The molecular weight excluding hydrogens is 381 g/mol. The van der Waals surface area contributed by atoms with Crippen LogP contribution in [0, 0.1) is 15.5 Å². The van der Waals surface area contributed by atoms with E-state index in [9.17, 15) is 14.9 Å². The number of benzene rings is 1. The van der Waals surface area contributed by atoms with Gasteiger partial charge in [0.15, 0.2) is 11.9 Å². The lowest BCUT2D eigenvalue weighted by molar-refractivity contribution is -0.386. The van der Waals surface area contributed by atoms with Crippen LogP contribution in [0.25, 0.3) is 0 Å². The standard InChI is InChI=1S/C17H22ClN3O4.ClH/c1-12(25-15-3-2-13(18)10-14(15)21(23)24)16(22)20-8-5-17(6-9-20)4-7-19-11-17;/h2-3,10,12,19H,4-9,11H2,1H3;1H. The number of piperidine rings is 1. The summed E-state index contributed by atoms with van der Waals surface area (Å²) < 4.78 is 5.59. The SMILES string of the molecule is CC(Oc1ccc(Cl)cc1[N+](=O)[O-])C(=O)N1CCC2(CCNC2)CC1.Cl. The quantitative estimate of drug-likeness (QED) is 0.616. The van der Waals surface area contributed by atoms with E-state index >= 15 is 0 Å². The van der Waals surface area contributed by atoms with Crippen molar-refractivity contribution >= 4 is 35.6 Å². The predicted octanol–water partition coefficient (Wildman–Crippen LogP) is 3.04. The second kappa shape index (κ2) is 8.41. The molecule has 26 heavy (non-hydrogen) atoms. The van der Waals surface area contributed by atoms with Crippen molar-refractivity contribution < 1.29 is 14.5 Å². The number of hydrogen-bond donors (Lipinski definition) is 1. The van der Waals surface area contributed by atoms with Crippen LogP contribution in [-0.4, -0.2) is 48.0 Å². The van der Waals surface area contributed by atoms with Crippen molar-refractivity contribution in [3.05, 3.63) is 33.3 Å². The molecule has 7 nitrogen and oxygen atoms in total. The van der Waals surface area contributed by atoms with E-state index in [2.05, 4.69) is 5.32 Å². The van der Waals surface area contributed by atoms with Crippen LogP contribution in [0.2, 0.25) is 5.02 Å². The lowest BCUT2D eigenvalue weighted by Crippen LogP contribution is -2.48. The number of nitrogens with one attached hydrogen (secondary N) is 1. The minimum Gasteiger partial charge on any atom is -0.474 e. The normalized spacial score (nSPS) is 19.7. The highest BCUT2D eigenvalue weighted by Gasteiger charge is 2.39. The first kappa shape index (κ1) is 20.7. The van der Waals surface area contributed by atoms with Gasteiger partial charge in [0, 0.05) is 30.7 Å². The number of carbonyl (C=O) groups is 1. The second-order valence-electron chi connectivity index (χ2n) is 6.88. The Hall–Kier alpha value is -1.57. The van der Waals surface area contributed by atoms with E-state index in [1.54, 1.807) is 11.8 Å². The van der Waals surface area contributed by atoms with Crippen molar-refractivity contribution in [3.8, 4) is 5.75 Å². The summed E-state index contributed by atoms with van der Waals surface area (Å²) in [6.45, 7) is 5.11. The molecule has 1 N–H and O–H groups in total. The first-order valence-electron chi connectivity index (χ1n) is 8.50. The summed E-state index contributed by atoms with van der Waals surface area (Å²) in [5.74, 6) is -0.0752. The van der Waals surface area contributed by atoms with Gasteiger partial charge in [-0.1, -0.05) is 11.6 Å². The number of likely N-dealkylation sites (tertiary alicyclic amines) is 1. The van der Waals surface area contributed by atoms with Crippen LogP contribution in [-0.2, 0) is 4.79 Å². The smallest absolute Gasteiger partial charge is 0.312 e. The molecule has 1 aromatic carbocycles. The number of nitro groups is 1. The third-order valence-electron chi connectivity index (χ3n) is 5.24. The van der Waals surface area contributed by atoms with Gasteiger partial charge in [0.1, 0.15) is 0 Å². The predicted molar refractivity (Wildman–Crippen MR) is 101 cm³/mol. The molecule has 2 fully saturated rings. The van der Waals surface area contributed by atoms with Gasteiger partial charge in [-0.15, -0.1) is 12.4 Å². The number of nitrogens with zero attached hydrogens (tertiary/aromatic N) is 2. The van der Waals surface area contributed by atoms with Gasteiger partial charge in [-0.05, 0) is 50.3 Å². The fourth-order valence-corrected chi connectivity index (χ4v) is 3.82. The Labute approximate surface area is 163 Å². The molecule has 0 aromatic heterocycles. The summed E-state index contributed by atoms with van der Waals surface area (Å²) in [6, 6.07) is 4.17. The molecule has 1 aromatic rings. The molecule has 2 heterocycles. The molecule has 1 spiro atoms. The van der Waals surface area contributed by atoms with E-state index in [1.165, 1.54) is 18.2 Å². The van der Waals surface area contributed by atoms with Gasteiger partial charge < -0.3 is 15.0 Å². The minimum absolute atomic E-state index is 0. The third-order valence-corrected chi connectivity index (χ3v) is 5.47. The summed E-state index contributed by atoms with van der Waals surface area (Å²) in [4.78, 5) is 25.0. The number of nitro benzene ring substituents is 1. The number of ether oxygens (including phenoxy) is 1. The average molecular weight is 404 g/mol. The van der Waals surface area contributed by atoms with Crippen LogP contribution >= 0.6 is 24.0 Å². The van der Waals surface area contributed by atoms with Crippen LogP contribution in [0.1, 0.15) is 26.2 Å². The first-order valence-corrected chi connectivity index (χ1v) is 8.88. The maximum Gasteiger partial charge on any atom is 0.312 e. The lowest BCUT2D eigenvalue weighted by Gasteiger charge is -2.39. The van der Waals surface area contributed by atoms with E-state index < -0.39 is 11.0 Å². The highest BCUT2D eigenvalue weighted by molar-refractivity contribution is 6.30. The summed E-state index contributed by atoms with van der Waals surface area (Å²) in [7, 11) is 0. The molecule has 0 bridgehead atoms. The van der Waals surface area contributed by atoms with Crippen LogP contribution in [0.4, 0.5) is 5.69 Å². The van der Waals surface area contributed by atoms with Gasteiger partial charge in [0.2, 0.25) is 0 Å². The van der Waals surface area contributed by atoms with Gasteiger partial charge >= 0.3 is 5.69 Å². The maximum atomic E-state index is 12.6. The summed E-state index contributed by atoms with van der Waals surface area (Å²) >= 11 is 5.80. The van der Waals surface area contributed by atoms with Gasteiger partial charge in [0.05, 0.1) is 4.92 Å². The second-order valence-corrected chi connectivity index (χ2v) is 7.32.